The van der Waals surface area contributed by atoms with Crippen LogP contribution in [0.25, 0.3) is 0 Å². The molecule has 0 saturated carbocycles. The SMILES string of the molecule is CN1CCN(C(=O)c2cccc(F)c2F)C[C@@H]1c1ncc[nH]1. The molecule has 0 bridgehead atoms. The molecule has 7 heteroatoms. The third-order valence-electron chi connectivity index (χ3n) is 3.95. The maximum Gasteiger partial charge on any atom is 0.257 e. The van der Waals surface area contributed by atoms with Gasteiger partial charge in [0.15, 0.2) is 11.6 Å². The molecule has 22 heavy (non-hydrogen) atoms. The van der Waals surface area contributed by atoms with Crippen molar-refractivity contribution in [3.63, 3.8) is 0 Å². The first kappa shape index (κ1) is 14.6. The van der Waals surface area contributed by atoms with Crippen molar-refractivity contribution in [3.8, 4) is 0 Å². The van der Waals surface area contributed by atoms with Gasteiger partial charge in [0.25, 0.3) is 5.91 Å². The van der Waals surface area contributed by atoms with Crippen LogP contribution < -0.4 is 0 Å². The average molecular weight is 306 g/mol. The maximum absolute atomic E-state index is 13.8. The molecular formula is C15H16F2N4O. The number of amides is 1. The molecule has 0 spiro atoms. The molecule has 0 radical (unpaired) electrons. The number of aromatic amines is 1. The third-order valence-corrected chi connectivity index (χ3v) is 3.95. The standard InChI is InChI=1S/C15H16F2N4O/c1-20-7-8-21(9-12(20)14-18-5-6-19-14)15(22)10-3-2-4-11(16)13(10)17/h2-6,12H,7-9H2,1H3,(H,18,19)/t12-/m1/s1. The number of piperazine rings is 1. The van der Waals surface area contributed by atoms with Gasteiger partial charge in [-0.1, -0.05) is 6.07 Å². The van der Waals surface area contributed by atoms with Crippen molar-refractivity contribution in [1.82, 2.24) is 19.8 Å². The fourth-order valence-electron chi connectivity index (χ4n) is 2.65. The van der Waals surface area contributed by atoms with Crippen LogP contribution in [-0.4, -0.2) is 52.4 Å². The van der Waals surface area contributed by atoms with E-state index in [9.17, 15) is 13.6 Å². The lowest BCUT2D eigenvalue weighted by molar-refractivity contribution is 0.0529. The zero-order valence-corrected chi connectivity index (χ0v) is 12.1. The Morgan fingerprint density at radius 3 is 2.91 bits per heavy atom. The molecule has 0 aliphatic carbocycles. The van der Waals surface area contributed by atoms with Crippen LogP contribution in [0.1, 0.15) is 22.2 Å². The van der Waals surface area contributed by atoms with Crippen LogP contribution >= 0.6 is 0 Å². The van der Waals surface area contributed by atoms with E-state index in [1.54, 1.807) is 12.4 Å². The molecule has 3 rings (SSSR count). The second-order valence-corrected chi connectivity index (χ2v) is 5.32. The Balaban J connectivity index is 1.83. The van der Waals surface area contributed by atoms with E-state index in [2.05, 4.69) is 14.9 Å². The minimum absolute atomic E-state index is 0.0932. The van der Waals surface area contributed by atoms with Crippen LogP contribution in [-0.2, 0) is 0 Å². The summed E-state index contributed by atoms with van der Waals surface area (Å²) in [4.78, 5) is 23.3. The van der Waals surface area contributed by atoms with E-state index in [-0.39, 0.29) is 11.6 Å². The van der Waals surface area contributed by atoms with Gasteiger partial charge in [-0.15, -0.1) is 0 Å². The van der Waals surface area contributed by atoms with E-state index in [0.717, 1.165) is 11.9 Å². The summed E-state index contributed by atoms with van der Waals surface area (Å²) >= 11 is 0. The summed E-state index contributed by atoms with van der Waals surface area (Å²) in [5, 5.41) is 0. The molecule has 1 saturated heterocycles. The highest BCUT2D eigenvalue weighted by Crippen LogP contribution is 2.23. The van der Waals surface area contributed by atoms with E-state index < -0.39 is 17.5 Å². The lowest BCUT2D eigenvalue weighted by Gasteiger charge is -2.38. The van der Waals surface area contributed by atoms with Crippen LogP contribution in [0.5, 0.6) is 0 Å². The van der Waals surface area contributed by atoms with Gasteiger partial charge in [-0.2, -0.15) is 0 Å². The number of hydrogen-bond acceptors (Lipinski definition) is 3. The van der Waals surface area contributed by atoms with Crippen LogP contribution in [0.15, 0.2) is 30.6 Å². The van der Waals surface area contributed by atoms with Gasteiger partial charge in [0, 0.05) is 32.0 Å². The average Bonchev–Trinajstić information content (AvgIpc) is 3.04. The van der Waals surface area contributed by atoms with Crippen molar-refractivity contribution in [2.75, 3.05) is 26.7 Å². The minimum atomic E-state index is -1.10. The Hall–Kier alpha value is -2.28. The van der Waals surface area contributed by atoms with E-state index >= 15 is 0 Å². The van der Waals surface area contributed by atoms with E-state index in [1.807, 2.05) is 7.05 Å². The van der Waals surface area contributed by atoms with Crippen LogP contribution in [0.3, 0.4) is 0 Å². The number of rotatable bonds is 2. The van der Waals surface area contributed by atoms with Gasteiger partial charge in [-0.25, -0.2) is 13.8 Å². The molecule has 1 aliphatic rings. The lowest BCUT2D eigenvalue weighted by atomic mass is 10.1. The Labute approximate surface area is 126 Å². The molecule has 1 aliphatic heterocycles. The van der Waals surface area contributed by atoms with Crippen LogP contribution in [0, 0.1) is 11.6 Å². The van der Waals surface area contributed by atoms with E-state index in [4.69, 9.17) is 0 Å². The zero-order chi connectivity index (χ0) is 15.7. The van der Waals surface area contributed by atoms with Crippen molar-refractivity contribution in [2.45, 2.75) is 6.04 Å². The number of nitrogens with one attached hydrogen (secondary N) is 1. The number of H-pyrrole nitrogens is 1. The highest BCUT2D eigenvalue weighted by molar-refractivity contribution is 5.94. The van der Waals surface area contributed by atoms with Crippen LogP contribution in [0.2, 0.25) is 0 Å². The van der Waals surface area contributed by atoms with Gasteiger partial charge in [-0.3, -0.25) is 9.69 Å². The van der Waals surface area contributed by atoms with Crippen LogP contribution in [0.4, 0.5) is 8.78 Å². The molecule has 1 atom stereocenters. The van der Waals surface area contributed by atoms with Gasteiger partial charge in [0.2, 0.25) is 0 Å². The molecule has 1 aromatic carbocycles. The Bertz CT molecular complexity index is 674. The Morgan fingerprint density at radius 1 is 1.36 bits per heavy atom. The molecule has 116 valence electrons. The van der Waals surface area contributed by atoms with Gasteiger partial charge in [0.05, 0.1) is 11.6 Å². The summed E-state index contributed by atoms with van der Waals surface area (Å²) in [5.74, 6) is -1.86. The first-order chi connectivity index (χ1) is 10.6. The number of carbonyl (C=O) groups excluding carboxylic acids is 1. The third kappa shape index (κ3) is 2.59. The molecule has 1 fully saturated rings. The smallest absolute Gasteiger partial charge is 0.257 e. The Morgan fingerprint density at radius 2 is 2.18 bits per heavy atom. The normalized spacial score (nSPS) is 19.4. The minimum Gasteiger partial charge on any atom is -0.347 e. The second kappa shape index (κ2) is 5.84. The van der Waals surface area contributed by atoms with Gasteiger partial charge < -0.3 is 9.88 Å². The monoisotopic (exact) mass is 306 g/mol. The number of imidazole rings is 1. The highest BCUT2D eigenvalue weighted by atomic mass is 19.2. The van der Waals surface area contributed by atoms with Crippen molar-refractivity contribution in [2.24, 2.45) is 0 Å². The molecule has 2 aromatic rings. The van der Waals surface area contributed by atoms with Crippen molar-refractivity contribution in [1.29, 1.82) is 0 Å². The molecule has 1 aromatic heterocycles. The van der Waals surface area contributed by atoms with Crippen molar-refractivity contribution in [3.05, 3.63) is 53.6 Å². The summed E-state index contributed by atoms with van der Waals surface area (Å²) in [6.07, 6.45) is 3.37. The quantitative estimate of drug-likeness (QED) is 0.921. The summed E-state index contributed by atoms with van der Waals surface area (Å²) in [6, 6.07) is 3.55. The largest absolute Gasteiger partial charge is 0.347 e. The first-order valence-corrected chi connectivity index (χ1v) is 7.00. The number of benzene rings is 1. The summed E-state index contributed by atoms with van der Waals surface area (Å²) in [5.41, 5.74) is -0.234. The lowest BCUT2D eigenvalue weighted by Crippen LogP contribution is -2.49. The van der Waals surface area contributed by atoms with Gasteiger partial charge >= 0.3 is 0 Å². The van der Waals surface area contributed by atoms with Gasteiger partial charge in [-0.05, 0) is 19.2 Å². The zero-order valence-electron chi connectivity index (χ0n) is 12.1. The number of aromatic nitrogens is 2. The molecule has 0 unspecified atom stereocenters. The summed E-state index contributed by atoms with van der Waals surface area (Å²) in [6.45, 7) is 1.47. The molecule has 2 heterocycles. The van der Waals surface area contributed by atoms with E-state index in [0.29, 0.717) is 19.6 Å². The van der Waals surface area contributed by atoms with Crippen molar-refractivity contribution >= 4 is 5.91 Å². The number of hydrogen-bond donors (Lipinski definition) is 1. The number of halogens is 2. The summed E-state index contributed by atoms with van der Waals surface area (Å²) < 4.78 is 27.1. The maximum atomic E-state index is 13.8. The predicted octanol–water partition coefficient (Wildman–Crippen LogP) is 1.82. The molecule has 1 N–H and O–H groups in total. The molecular weight excluding hydrogens is 290 g/mol. The number of nitrogens with zero attached hydrogens (tertiary/aromatic N) is 3. The second-order valence-electron chi connectivity index (χ2n) is 5.32. The fourth-order valence-corrected chi connectivity index (χ4v) is 2.65. The summed E-state index contributed by atoms with van der Waals surface area (Å²) in [7, 11) is 1.94. The highest BCUT2D eigenvalue weighted by Gasteiger charge is 2.31. The van der Waals surface area contributed by atoms with Crippen molar-refractivity contribution < 1.29 is 13.6 Å². The number of likely N-dealkylation sites (N-methyl/N-ethyl adjacent to an activating group) is 1. The van der Waals surface area contributed by atoms with Gasteiger partial charge in [0.1, 0.15) is 5.82 Å². The fraction of sp³-hybridized carbons (Fsp3) is 0.333. The number of carbonyl (C=O) groups is 1. The molecule has 1 amide bonds. The Kier molecular flexibility index (Phi) is 3.89. The first-order valence-electron chi connectivity index (χ1n) is 7.00. The topological polar surface area (TPSA) is 52.2 Å². The van der Waals surface area contributed by atoms with E-state index in [1.165, 1.54) is 17.0 Å². The molecule has 5 nitrogen and oxygen atoms in total. The predicted molar refractivity (Wildman–Crippen MR) is 76.2 cm³/mol.